The second-order valence-corrected chi connectivity index (χ2v) is 3.94. The van der Waals surface area contributed by atoms with E-state index in [9.17, 15) is 18.0 Å². The third-order valence-corrected chi connectivity index (χ3v) is 2.15. The van der Waals surface area contributed by atoms with Gasteiger partial charge in [0.25, 0.3) is 0 Å². The van der Waals surface area contributed by atoms with Crippen molar-refractivity contribution in [1.29, 1.82) is 0 Å². The molecule has 0 saturated carbocycles. The SMILES string of the molecule is O=C(COCC(F)(F)F)NCCCCCCCl. The average Bonchev–Trinajstić information content (AvgIpc) is 2.21. The molecule has 0 atom stereocenters. The lowest BCUT2D eigenvalue weighted by molar-refractivity contribution is -0.175. The topological polar surface area (TPSA) is 38.3 Å². The lowest BCUT2D eigenvalue weighted by Gasteiger charge is -2.08. The molecule has 17 heavy (non-hydrogen) atoms. The van der Waals surface area contributed by atoms with Gasteiger partial charge in [0, 0.05) is 12.4 Å². The van der Waals surface area contributed by atoms with Crippen molar-refractivity contribution in [2.75, 3.05) is 25.6 Å². The standard InChI is InChI=1S/C10H17ClF3NO2/c11-5-3-1-2-4-6-15-9(16)7-17-8-10(12,13)14/h1-8H2,(H,15,16). The molecule has 0 bridgehead atoms. The number of amides is 1. The number of hydrogen-bond acceptors (Lipinski definition) is 2. The molecule has 0 aliphatic carbocycles. The molecular formula is C10H17ClF3NO2. The molecule has 0 unspecified atom stereocenters. The first kappa shape index (κ1) is 16.5. The van der Waals surface area contributed by atoms with E-state index >= 15 is 0 Å². The summed E-state index contributed by atoms with van der Waals surface area (Å²) in [5, 5.41) is 2.48. The van der Waals surface area contributed by atoms with Crippen LogP contribution in [0.2, 0.25) is 0 Å². The van der Waals surface area contributed by atoms with E-state index in [4.69, 9.17) is 11.6 Å². The van der Waals surface area contributed by atoms with Crippen molar-refractivity contribution in [1.82, 2.24) is 5.32 Å². The Morgan fingerprint density at radius 3 is 2.41 bits per heavy atom. The second kappa shape index (κ2) is 9.53. The summed E-state index contributed by atoms with van der Waals surface area (Å²) < 4.78 is 39.2. The van der Waals surface area contributed by atoms with Crippen molar-refractivity contribution < 1.29 is 22.7 Å². The van der Waals surface area contributed by atoms with Gasteiger partial charge in [0.1, 0.15) is 13.2 Å². The lowest BCUT2D eigenvalue weighted by atomic mass is 10.2. The monoisotopic (exact) mass is 275 g/mol. The largest absolute Gasteiger partial charge is 0.411 e. The van der Waals surface area contributed by atoms with Crippen LogP contribution in [0.5, 0.6) is 0 Å². The predicted octanol–water partition coefficient (Wildman–Crippen LogP) is 2.48. The number of unbranched alkanes of at least 4 members (excludes halogenated alkanes) is 3. The number of carbonyl (C=O) groups is 1. The van der Waals surface area contributed by atoms with Gasteiger partial charge in [0.15, 0.2) is 0 Å². The van der Waals surface area contributed by atoms with Crippen LogP contribution in [0.3, 0.4) is 0 Å². The molecular weight excluding hydrogens is 259 g/mol. The number of rotatable bonds is 9. The first-order chi connectivity index (χ1) is 7.95. The van der Waals surface area contributed by atoms with Gasteiger partial charge in [0.05, 0.1) is 0 Å². The molecule has 0 aliphatic rings. The van der Waals surface area contributed by atoms with Gasteiger partial charge in [-0.1, -0.05) is 12.8 Å². The van der Waals surface area contributed by atoms with Crippen molar-refractivity contribution in [2.45, 2.75) is 31.9 Å². The Hall–Kier alpha value is -0.490. The van der Waals surface area contributed by atoms with E-state index in [0.29, 0.717) is 12.4 Å². The van der Waals surface area contributed by atoms with E-state index < -0.39 is 25.3 Å². The maximum absolute atomic E-state index is 11.7. The number of alkyl halides is 4. The van der Waals surface area contributed by atoms with Crippen LogP contribution in [0.4, 0.5) is 13.2 Å². The summed E-state index contributed by atoms with van der Waals surface area (Å²) in [7, 11) is 0. The zero-order valence-electron chi connectivity index (χ0n) is 9.49. The second-order valence-electron chi connectivity index (χ2n) is 3.56. The smallest absolute Gasteiger partial charge is 0.362 e. The number of carbonyl (C=O) groups excluding carboxylic acids is 1. The van der Waals surface area contributed by atoms with Gasteiger partial charge in [0.2, 0.25) is 5.91 Å². The highest BCUT2D eigenvalue weighted by molar-refractivity contribution is 6.17. The molecule has 1 amide bonds. The molecule has 0 aromatic rings. The number of nitrogens with one attached hydrogen (secondary N) is 1. The highest BCUT2D eigenvalue weighted by Crippen LogP contribution is 2.13. The molecule has 0 spiro atoms. The lowest BCUT2D eigenvalue weighted by Crippen LogP contribution is -2.30. The minimum atomic E-state index is -4.39. The molecule has 3 nitrogen and oxygen atoms in total. The molecule has 0 aromatic heterocycles. The summed E-state index contributed by atoms with van der Waals surface area (Å²) in [6, 6.07) is 0. The van der Waals surface area contributed by atoms with Crippen LogP contribution in [-0.2, 0) is 9.53 Å². The first-order valence-corrected chi connectivity index (χ1v) is 5.96. The van der Waals surface area contributed by atoms with Gasteiger partial charge in [-0.15, -0.1) is 11.6 Å². The van der Waals surface area contributed by atoms with E-state index in [-0.39, 0.29) is 0 Å². The Balaban J connectivity index is 3.29. The predicted molar refractivity (Wildman–Crippen MR) is 59.1 cm³/mol. The summed E-state index contributed by atoms with van der Waals surface area (Å²) in [5.74, 6) is 0.101. The Kier molecular flexibility index (Phi) is 9.26. The fourth-order valence-electron chi connectivity index (χ4n) is 1.11. The minimum absolute atomic E-state index is 0.455. The Labute approximate surface area is 104 Å². The van der Waals surface area contributed by atoms with Crippen molar-refractivity contribution in [3.8, 4) is 0 Å². The summed E-state index contributed by atoms with van der Waals surface area (Å²) >= 11 is 5.48. The summed E-state index contributed by atoms with van der Waals surface area (Å²) in [5.41, 5.74) is 0. The average molecular weight is 276 g/mol. The van der Waals surface area contributed by atoms with Crippen molar-refractivity contribution in [3.63, 3.8) is 0 Å². The van der Waals surface area contributed by atoms with Crippen molar-refractivity contribution in [3.05, 3.63) is 0 Å². The molecule has 0 aliphatic heterocycles. The zero-order valence-corrected chi connectivity index (χ0v) is 10.2. The van der Waals surface area contributed by atoms with Gasteiger partial charge in [-0.2, -0.15) is 13.2 Å². The van der Waals surface area contributed by atoms with E-state index in [1.807, 2.05) is 0 Å². The summed E-state index contributed by atoms with van der Waals surface area (Å²) in [6.07, 6.45) is -0.728. The summed E-state index contributed by atoms with van der Waals surface area (Å²) in [6.45, 7) is -1.49. The number of ether oxygens (including phenoxy) is 1. The van der Waals surface area contributed by atoms with Crippen LogP contribution in [0.25, 0.3) is 0 Å². The Bertz CT molecular complexity index is 212. The van der Waals surface area contributed by atoms with Gasteiger partial charge in [-0.25, -0.2) is 0 Å². The van der Waals surface area contributed by atoms with Crippen LogP contribution in [-0.4, -0.2) is 37.7 Å². The van der Waals surface area contributed by atoms with Crippen LogP contribution >= 0.6 is 11.6 Å². The fraction of sp³-hybridized carbons (Fsp3) is 0.900. The van der Waals surface area contributed by atoms with E-state index in [1.165, 1.54) is 0 Å². The molecule has 0 saturated heterocycles. The quantitative estimate of drug-likeness (QED) is 0.519. The molecule has 0 heterocycles. The normalized spacial score (nSPS) is 11.5. The molecule has 102 valence electrons. The highest BCUT2D eigenvalue weighted by Gasteiger charge is 2.27. The molecule has 7 heteroatoms. The number of halogens is 4. The highest BCUT2D eigenvalue weighted by atomic mass is 35.5. The molecule has 0 aromatic carbocycles. The Morgan fingerprint density at radius 1 is 1.18 bits per heavy atom. The molecule has 1 N–H and O–H groups in total. The molecule has 0 rings (SSSR count). The molecule has 0 fully saturated rings. The van der Waals surface area contributed by atoms with Gasteiger partial charge >= 0.3 is 6.18 Å². The van der Waals surface area contributed by atoms with E-state index in [1.54, 1.807) is 0 Å². The van der Waals surface area contributed by atoms with E-state index in [2.05, 4.69) is 10.1 Å². The van der Waals surface area contributed by atoms with Gasteiger partial charge in [-0.05, 0) is 12.8 Å². The van der Waals surface area contributed by atoms with Crippen LogP contribution in [0.1, 0.15) is 25.7 Å². The number of hydrogen-bond donors (Lipinski definition) is 1. The van der Waals surface area contributed by atoms with Crippen molar-refractivity contribution in [2.24, 2.45) is 0 Å². The third-order valence-electron chi connectivity index (χ3n) is 1.88. The first-order valence-electron chi connectivity index (χ1n) is 5.43. The van der Waals surface area contributed by atoms with Crippen LogP contribution in [0, 0.1) is 0 Å². The fourth-order valence-corrected chi connectivity index (χ4v) is 1.30. The maximum atomic E-state index is 11.7. The minimum Gasteiger partial charge on any atom is -0.362 e. The maximum Gasteiger partial charge on any atom is 0.411 e. The van der Waals surface area contributed by atoms with Gasteiger partial charge in [-0.3, -0.25) is 4.79 Å². The van der Waals surface area contributed by atoms with Crippen molar-refractivity contribution >= 4 is 17.5 Å². The van der Waals surface area contributed by atoms with E-state index in [0.717, 1.165) is 25.7 Å². The van der Waals surface area contributed by atoms with Gasteiger partial charge < -0.3 is 10.1 Å². The summed E-state index contributed by atoms with van der Waals surface area (Å²) in [4.78, 5) is 11.0. The van der Waals surface area contributed by atoms with Crippen LogP contribution in [0.15, 0.2) is 0 Å². The molecule has 0 radical (unpaired) electrons. The Morgan fingerprint density at radius 2 is 1.82 bits per heavy atom. The zero-order chi connectivity index (χ0) is 13.1. The van der Waals surface area contributed by atoms with Crippen LogP contribution < -0.4 is 5.32 Å². The third kappa shape index (κ3) is 13.4.